The minimum Gasteiger partial charge on any atom is -0.347 e. The molecule has 0 fully saturated rings. The first-order valence-electron chi connectivity index (χ1n) is 4.96. The molecule has 0 aromatic carbocycles. The fourth-order valence-electron chi connectivity index (χ4n) is 1.18. The molecule has 7 nitrogen and oxygen atoms in total. The summed E-state index contributed by atoms with van der Waals surface area (Å²) in [5, 5.41) is 8.99. The Morgan fingerprint density at radius 3 is 2.69 bits per heavy atom. The molecule has 2 heterocycles. The zero-order chi connectivity index (χ0) is 11.4. The van der Waals surface area contributed by atoms with Crippen molar-refractivity contribution < 1.29 is 0 Å². The highest BCUT2D eigenvalue weighted by Gasteiger charge is 1.99. The quantitative estimate of drug-likeness (QED) is 0.676. The Balaban J connectivity index is 1.96. The van der Waals surface area contributed by atoms with Gasteiger partial charge in [-0.25, -0.2) is 19.9 Å². The maximum absolute atomic E-state index is 10.8. The Hall–Kier alpha value is -2.18. The van der Waals surface area contributed by atoms with Crippen molar-refractivity contribution in [1.82, 2.24) is 25.1 Å². The molecule has 2 aromatic rings. The molecule has 2 rings (SSSR count). The van der Waals surface area contributed by atoms with Crippen molar-refractivity contribution in [2.24, 2.45) is 0 Å². The lowest BCUT2D eigenvalue weighted by atomic mass is 10.3. The van der Waals surface area contributed by atoms with Crippen LogP contribution in [0.5, 0.6) is 0 Å². The minimum absolute atomic E-state index is 0.320. The molecular weight excluding hydrogens is 208 g/mol. The number of nitrogens with zero attached hydrogens (tertiary/aromatic N) is 3. The molecule has 0 spiro atoms. The van der Waals surface area contributed by atoms with Gasteiger partial charge in [0.15, 0.2) is 0 Å². The van der Waals surface area contributed by atoms with Gasteiger partial charge in [-0.1, -0.05) is 6.92 Å². The molecule has 0 amide bonds. The van der Waals surface area contributed by atoms with Gasteiger partial charge in [0.1, 0.15) is 5.82 Å². The second kappa shape index (κ2) is 4.56. The van der Waals surface area contributed by atoms with Crippen LogP contribution >= 0.6 is 0 Å². The highest BCUT2D eigenvalue weighted by molar-refractivity contribution is 5.24. The van der Waals surface area contributed by atoms with Crippen molar-refractivity contribution in [2.75, 3.05) is 5.32 Å². The molecule has 84 valence electrons. The van der Waals surface area contributed by atoms with Crippen LogP contribution in [-0.2, 0) is 13.0 Å². The Morgan fingerprint density at radius 2 is 2.12 bits per heavy atom. The van der Waals surface area contributed by atoms with Gasteiger partial charge in [-0.15, -0.1) is 0 Å². The van der Waals surface area contributed by atoms with Gasteiger partial charge in [0, 0.05) is 12.4 Å². The molecule has 0 bridgehead atoms. The predicted octanol–water partition coefficient (Wildman–Crippen LogP) is 0.0625. The molecule has 0 aliphatic carbocycles. The van der Waals surface area contributed by atoms with Gasteiger partial charge in [0.2, 0.25) is 5.95 Å². The predicted molar refractivity (Wildman–Crippen MR) is 57.9 cm³/mol. The molecule has 0 radical (unpaired) electrons. The topological polar surface area (TPSA) is 99.4 Å². The van der Waals surface area contributed by atoms with E-state index in [1.54, 1.807) is 12.4 Å². The summed E-state index contributed by atoms with van der Waals surface area (Å²) in [7, 11) is 0. The van der Waals surface area contributed by atoms with E-state index >= 15 is 0 Å². The number of aromatic amines is 2. The van der Waals surface area contributed by atoms with Crippen molar-refractivity contribution >= 4 is 5.95 Å². The zero-order valence-electron chi connectivity index (χ0n) is 8.82. The van der Waals surface area contributed by atoms with Crippen molar-refractivity contribution in [2.45, 2.75) is 19.9 Å². The van der Waals surface area contributed by atoms with E-state index in [2.05, 4.69) is 30.5 Å². The standard InChI is InChI=1S/C9H12N6O/c1-2-6-3-10-8(11-4-6)12-5-7-13-9(16)15-14-7/h3-4H,2,5H2,1H3,(H,10,11,12)(H2,13,14,15,16). The average molecular weight is 220 g/mol. The number of hydrogen-bond donors (Lipinski definition) is 3. The number of nitrogens with one attached hydrogen (secondary N) is 3. The van der Waals surface area contributed by atoms with Crippen LogP contribution < -0.4 is 11.0 Å². The van der Waals surface area contributed by atoms with E-state index < -0.39 is 0 Å². The molecule has 0 saturated carbocycles. The third-order valence-electron chi connectivity index (χ3n) is 2.08. The van der Waals surface area contributed by atoms with Crippen LogP contribution in [0.25, 0.3) is 0 Å². The molecule has 7 heteroatoms. The van der Waals surface area contributed by atoms with Crippen LogP contribution in [0.4, 0.5) is 5.95 Å². The first-order chi connectivity index (χ1) is 7.78. The van der Waals surface area contributed by atoms with Crippen molar-refractivity contribution in [1.29, 1.82) is 0 Å². The monoisotopic (exact) mass is 220 g/mol. The largest absolute Gasteiger partial charge is 0.347 e. The van der Waals surface area contributed by atoms with Crippen LogP contribution in [0.1, 0.15) is 18.3 Å². The fraction of sp³-hybridized carbons (Fsp3) is 0.333. The molecule has 0 aliphatic rings. The maximum Gasteiger partial charge on any atom is 0.340 e. The molecule has 16 heavy (non-hydrogen) atoms. The summed E-state index contributed by atoms with van der Waals surface area (Å²) >= 11 is 0. The second-order valence-electron chi connectivity index (χ2n) is 3.25. The first-order valence-corrected chi connectivity index (χ1v) is 4.96. The van der Waals surface area contributed by atoms with Gasteiger partial charge in [-0.2, -0.15) is 5.10 Å². The van der Waals surface area contributed by atoms with Crippen LogP contribution in [0.3, 0.4) is 0 Å². The minimum atomic E-state index is -0.320. The number of aromatic nitrogens is 5. The number of hydrogen-bond acceptors (Lipinski definition) is 5. The summed E-state index contributed by atoms with van der Waals surface area (Å²) in [4.78, 5) is 21.5. The van der Waals surface area contributed by atoms with E-state index in [0.717, 1.165) is 12.0 Å². The summed E-state index contributed by atoms with van der Waals surface area (Å²) in [6, 6.07) is 0. The molecule has 0 aliphatic heterocycles. The van der Waals surface area contributed by atoms with E-state index in [1.807, 2.05) is 6.92 Å². The number of aryl methyl sites for hydroxylation is 1. The summed E-state index contributed by atoms with van der Waals surface area (Å²) in [5.41, 5.74) is 0.762. The molecule has 3 N–H and O–H groups in total. The number of anilines is 1. The van der Waals surface area contributed by atoms with Crippen molar-refractivity contribution in [3.8, 4) is 0 Å². The summed E-state index contributed by atoms with van der Waals surface area (Å²) in [5.74, 6) is 1.04. The summed E-state index contributed by atoms with van der Waals surface area (Å²) in [6.07, 6.45) is 4.44. The Kier molecular flexibility index (Phi) is 2.95. The van der Waals surface area contributed by atoms with E-state index in [-0.39, 0.29) is 5.69 Å². The Labute approximate surface area is 91.4 Å². The van der Waals surface area contributed by atoms with E-state index in [4.69, 9.17) is 0 Å². The normalized spacial score (nSPS) is 10.3. The molecule has 2 aromatic heterocycles. The van der Waals surface area contributed by atoms with Crippen LogP contribution in [-0.4, -0.2) is 25.1 Å². The number of H-pyrrole nitrogens is 2. The molecule has 0 unspecified atom stereocenters. The van der Waals surface area contributed by atoms with Crippen molar-refractivity contribution in [3.63, 3.8) is 0 Å². The van der Waals surface area contributed by atoms with Crippen LogP contribution in [0, 0.1) is 0 Å². The molecular formula is C9H12N6O. The SMILES string of the molecule is CCc1cnc(NCc2n[nH]c(=O)[nH]2)nc1. The Bertz CT molecular complexity index is 499. The maximum atomic E-state index is 10.8. The summed E-state index contributed by atoms with van der Waals surface area (Å²) < 4.78 is 0. The fourth-order valence-corrected chi connectivity index (χ4v) is 1.18. The van der Waals surface area contributed by atoms with Gasteiger partial charge in [0.25, 0.3) is 0 Å². The summed E-state index contributed by atoms with van der Waals surface area (Å²) in [6.45, 7) is 2.42. The smallest absolute Gasteiger partial charge is 0.340 e. The first kappa shape index (κ1) is 10.3. The molecule has 0 saturated heterocycles. The lowest BCUT2D eigenvalue weighted by Gasteiger charge is -2.02. The van der Waals surface area contributed by atoms with E-state index in [0.29, 0.717) is 18.3 Å². The zero-order valence-corrected chi connectivity index (χ0v) is 8.82. The average Bonchev–Trinajstić information content (AvgIpc) is 2.73. The van der Waals surface area contributed by atoms with E-state index in [9.17, 15) is 4.79 Å². The molecule has 0 atom stereocenters. The van der Waals surface area contributed by atoms with E-state index in [1.165, 1.54) is 0 Å². The van der Waals surface area contributed by atoms with Crippen LogP contribution in [0.15, 0.2) is 17.2 Å². The van der Waals surface area contributed by atoms with Gasteiger partial charge in [-0.3, -0.25) is 4.98 Å². The van der Waals surface area contributed by atoms with Crippen molar-refractivity contribution in [3.05, 3.63) is 34.3 Å². The lowest BCUT2D eigenvalue weighted by Crippen LogP contribution is -2.06. The highest BCUT2D eigenvalue weighted by atomic mass is 16.1. The number of rotatable bonds is 4. The third-order valence-corrected chi connectivity index (χ3v) is 2.08. The van der Waals surface area contributed by atoms with Gasteiger partial charge in [-0.05, 0) is 12.0 Å². The van der Waals surface area contributed by atoms with Gasteiger partial charge < -0.3 is 5.32 Å². The van der Waals surface area contributed by atoms with Gasteiger partial charge in [0.05, 0.1) is 6.54 Å². The Morgan fingerprint density at radius 1 is 1.38 bits per heavy atom. The van der Waals surface area contributed by atoms with Crippen LogP contribution in [0.2, 0.25) is 0 Å². The van der Waals surface area contributed by atoms with Gasteiger partial charge >= 0.3 is 5.69 Å². The lowest BCUT2D eigenvalue weighted by molar-refractivity contribution is 0.929. The third kappa shape index (κ3) is 2.44. The second-order valence-corrected chi connectivity index (χ2v) is 3.25. The highest BCUT2D eigenvalue weighted by Crippen LogP contribution is 2.01.